The molecular weight excluding hydrogens is 490 g/mol. The van der Waals surface area contributed by atoms with Gasteiger partial charge >= 0.3 is 5.97 Å². The highest BCUT2D eigenvalue weighted by Gasteiger charge is 2.27. The number of carbonyl (C=O) groups is 1. The minimum absolute atomic E-state index is 0. The number of nitrogens with zero attached hydrogens (tertiary/aromatic N) is 3. The summed E-state index contributed by atoms with van der Waals surface area (Å²) in [6.07, 6.45) is 0.514. The van der Waals surface area contributed by atoms with Crippen LogP contribution in [0.4, 0.5) is 5.69 Å². The summed E-state index contributed by atoms with van der Waals surface area (Å²) >= 11 is 0. The van der Waals surface area contributed by atoms with E-state index in [1.54, 1.807) is 48.5 Å². The SMILES string of the molecule is Cl.Cn1c(Cc2ccc(C(=N)N)cc2)nc2cc(N(CC(=O)O)S(=O)(=O)c3ccccc3)ccc21. The molecule has 11 heteroatoms. The number of hydrogen-bond donors (Lipinski definition) is 3. The van der Waals surface area contributed by atoms with Crippen molar-refractivity contribution in [3.8, 4) is 0 Å². The molecule has 0 aliphatic rings. The van der Waals surface area contributed by atoms with Crippen molar-refractivity contribution in [1.29, 1.82) is 5.41 Å². The lowest BCUT2D eigenvalue weighted by Gasteiger charge is -2.22. The maximum atomic E-state index is 13.2. The first-order valence-electron chi connectivity index (χ1n) is 10.3. The molecule has 4 N–H and O–H groups in total. The van der Waals surface area contributed by atoms with Gasteiger partial charge in [-0.1, -0.05) is 42.5 Å². The van der Waals surface area contributed by atoms with Gasteiger partial charge < -0.3 is 15.4 Å². The van der Waals surface area contributed by atoms with E-state index < -0.39 is 22.5 Å². The van der Waals surface area contributed by atoms with E-state index in [4.69, 9.17) is 11.1 Å². The van der Waals surface area contributed by atoms with Crippen LogP contribution in [0.1, 0.15) is 17.0 Å². The van der Waals surface area contributed by atoms with Crippen LogP contribution in [0, 0.1) is 5.41 Å². The molecule has 0 amide bonds. The van der Waals surface area contributed by atoms with Crippen LogP contribution < -0.4 is 10.0 Å². The second-order valence-electron chi connectivity index (χ2n) is 7.77. The first-order chi connectivity index (χ1) is 16.2. The van der Waals surface area contributed by atoms with Crippen molar-refractivity contribution in [2.75, 3.05) is 10.8 Å². The number of hydrogen-bond acceptors (Lipinski definition) is 5. The number of aromatic nitrogens is 2. The summed E-state index contributed by atoms with van der Waals surface area (Å²) in [4.78, 5) is 16.2. The van der Waals surface area contributed by atoms with Gasteiger partial charge in [-0.3, -0.25) is 14.5 Å². The van der Waals surface area contributed by atoms with Crippen molar-refractivity contribution in [3.05, 3.63) is 89.7 Å². The fraction of sp³-hybridized carbons (Fsp3) is 0.125. The average Bonchev–Trinajstić information content (AvgIpc) is 3.12. The predicted octanol–water partition coefficient (Wildman–Crippen LogP) is 3.15. The molecule has 0 saturated carbocycles. The normalized spacial score (nSPS) is 11.1. The van der Waals surface area contributed by atoms with Crippen LogP contribution in [-0.4, -0.2) is 41.4 Å². The van der Waals surface area contributed by atoms with Crippen molar-refractivity contribution in [1.82, 2.24) is 9.55 Å². The summed E-state index contributed by atoms with van der Waals surface area (Å²) in [5.41, 5.74) is 8.67. The molecule has 9 nitrogen and oxygen atoms in total. The van der Waals surface area contributed by atoms with Gasteiger partial charge in [0.05, 0.1) is 21.6 Å². The number of halogens is 1. The molecule has 182 valence electrons. The Bertz CT molecular complexity index is 1490. The number of sulfonamides is 1. The summed E-state index contributed by atoms with van der Waals surface area (Å²) in [6.45, 7) is -0.717. The molecule has 0 bridgehead atoms. The Balaban J connectivity index is 0.00000342. The number of aryl methyl sites for hydroxylation is 1. The van der Waals surface area contributed by atoms with E-state index in [1.165, 1.54) is 12.1 Å². The zero-order valence-corrected chi connectivity index (χ0v) is 20.4. The van der Waals surface area contributed by atoms with E-state index in [0.717, 1.165) is 21.2 Å². The predicted molar refractivity (Wildman–Crippen MR) is 137 cm³/mol. The Morgan fingerprint density at radius 2 is 1.74 bits per heavy atom. The maximum absolute atomic E-state index is 13.2. The van der Waals surface area contributed by atoms with Gasteiger partial charge in [-0.25, -0.2) is 13.4 Å². The van der Waals surface area contributed by atoms with E-state index in [-0.39, 0.29) is 28.8 Å². The molecule has 1 heterocycles. The number of rotatable bonds is 8. The zero-order valence-electron chi connectivity index (χ0n) is 18.7. The number of nitrogen functional groups attached to an aromatic ring is 1. The average molecular weight is 514 g/mol. The van der Waals surface area contributed by atoms with Gasteiger partial charge in [0.1, 0.15) is 18.2 Å². The quantitative estimate of drug-likeness (QED) is 0.244. The Morgan fingerprint density at radius 3 is 2.34 bits per heavy atom. The van der Waals surface area contributed by atoms with Gasteiger partial charge in [0.25, 0.3) is 10.0 Å². The van der Waals surface area contributed by atoms with Gasteiger partial charge in [-0.2, -0.15) is 0 Å². The van der Waals surface area contributed by atoms with Crippen molar-refractivity contribution in [2.45, 2.75) is 11.3 Å². The molecule has 4 rings (SSSR count). The highest BCUT2D eigenvalue weighted by molar-refractivity contribution is 7.92. The van der Waals surface area contributed by atoms with Crippen LogP contribution in [0.5, 0.6) is 0 Å². The fourth-order valence-corrected chi connectivity index (χ4v) is 5.12. The smallest absolute Gasteiger partial charge is 0.324 e. The number of nitrogens with one attached hydrogen (secondary N) is 1. The van der Waals surface area contributed by atoms with Crippen LogP contribution >= 0.6 is 12.4 Å². The van der Waals surface area contributed by atoms with Crippen LogP contribution in [0.15, 0.2) is 77.7 Å². The molecule has 0 aliphatic carbocycles. The van der Waals surface area contributed by atoms with Gasteiger partial charge in [-0.15, -0.1) is 12.4 Å². The van der Waals surface area contributed by atoms with Crippen molar-refractivity contribution in [3.63, 3.8) is 0 Å². The van der Waals surface area contributed by atoms with Gasteiger partial charge in [0.2, 0.25) is 0 Å². The zero-order chi connectivity index (χ0) is 24.5. The first kappa shape index (κ1) is 25.7. The summed E-state index contributed by atoms with van der Waals surface area (Å²) in [7, 11) is -2.23. The highest BCUT2D eigenvalue weighted by Crippen LogP contribution is 2.28. The van der Waals surface area contributed by atoms with E-state index in [2.05, 4.69) is 4.98 Å². The molecular formula is C24H24ClN5O4S. The van der Waals surface area contributed by atoms with E-state index >= 15 is 0 Å². The number of carboxylic acid groups (broad SMARTS) is 1. The number of carboxylic acids is 1. The van der Waals surface area contributed by atoms with Gasteiger partial charge in [0.15, 0.2) is 0 Å². The molecule has 0 unspecified atom stereocenters. The lowest BCUT2D eigenvalue weighted by Crippen LogP contribution is -2.35. The summed E-state index contributed by atoms with van der Waals surface area (Å²) in [6, 6.07) is 19.9. The van der Waals surface area contributed by atoms with Crippen molar-refractivity contribution >= 4 is 51.0 Å². The minimum atomic E-state index is -4.09. The molecule has 0 fully saturated rings. The molecule has 0 saturated heterocycles. The van der Waals surface area contributed by atoms with Crippen molar-refractivity contribution < 1.29 is 18.3 Å². The fourth-order valence-electron chi connectivity index (χ4n) is 3.69. The maximum Gasteiger partial charge on any atom is 0.324 e. The number of fused-ring (bicyclic) bond motifs is 1. The van der Waals surface area contributed by atoms with E-state index in [1.807, 2.05) is 23.7 Å². The van der Waals surface area contributed by atoms with Crippen LogP contribution in [-0.2, 0) is 28.3 Å². The second-order valence-corrected chi connectivity index (χ2v) is 9.63. The topological polar surface area (TPSA) is 142 Å². The van der Waals surface area contributed by atoms with Gasteiger partial charge in [0, 0.05) is 19.0 Å². The second kappa shape index (κ2) is 10.2. The largest absolute Gasteiger partial charge is 0.480 e. The van der Waals surface area contributed by atoms with Crippen LogP contribution in [0.3, 0.4) is 0 Å². The number of nitrogens with two attached hydrogens (primary N) is 1. The molecule has 0 atom stereocenters. The summed E-state index contributed by atoms with van der Waals surface area (Å²) in [5, 5.41) is 16.9. The third-order valence-electron chi connectivity index (χ3n) is 5.48. The van der Waals surface area contributed by atoms with E-state index in [9.17, 15) is 18.3 Å². The molecule has 35 heavy (non-hydrogen) atoms. The summed E-state index contributed by atoms with van der Waals surface area (Å²) in [5.74, 6) is -0.521. The first-order valence-corrected chi connectivity index (χ1v) is 11.8. The van der Waals surface area contributed by atoms with Crippen LogP contribution in [0.25, 0.3) is 11.0 Å². The Hall–Kier alpha value is -3.89. The lowest BCUT2D eigenvalue weighted by molar-refractivity contribution is -0.135. The third kappa shape index (κ3) is 5.28. The lowest BCUT2D eigenvalue weighted by atomic mass is 10.1. The standard InChI is InChI=1S/C24H23N5O4S.ClH/c1-28-21-12-11-18(29(15-23(30)31)34(32,33)19-5-3-2-4-6-19)14-20(21)27-22(28)13-16-7-9-17(10-8-16)24(25)26;/h2-12,14H,13,15H2,1H3,(H3,25,26)(H,30,31);1H. The Morgan fingerprint density at radius 1 is 1.09 bits per heavy atom. The molecule has 3 aromatic carbocycles. The number of imidazole rings is 1. The number of benzene rings is 3. The Labute approximate surface area is 208 Å². The molecule has 0 radical (unpaired) electrons. The minimum Gasteiger partial charge on any atom is -0.480 e. The summed E-state index contributed by atoms with van der Waals surface area (Å²) < 4.78 is 29.2. The number of aliphatic carboxylic acids is 1. The molecule has 4 aromatic rings. The van der Waals surface area contributed by atoms with Gasteiger partial charge in [-0.05, 0) is 35.9 Å². The third-order valence-corrected chi connectivity index (χ3v) is 7.27. The Kier molecular flexibility index (Phi) is 7.47. The van der Waals surface area contributed by atoms with Crippen molar-refractivity contribution in [2.24, 2.45) is 12.8 Å². The molecule has 0 aliphatic heterocycles. The van der Waals surface area contributed by atoms with Crippen LogP contribution in [0.2, 0.25) is 0 Å². The molecule has 0 spiro atoms. The molecule has 1 aromatic heterocycles. The highest BCUT2D eigenvalue weighted by atomic mass is 35.5. The number of amidine groups is 1. The number of anilines is 1. The monoisotopic (exact) mass is 513 g/mol. The van der Waals surface area contributed by atoms with E-state index in [0.29, 0.717) is 17.5 Å².